The van der Waals surface area contributed by atoms with Crippen LogP contribution in [0.1, 0.15) is 11.4 Å². The number of nitrogens with zero attached hydrogens (tertiary/aromatic N) is 5. The third-order valence-electron chi connectivity index (χ3n) is 2.32. The number of anilines is 1. The maximum absolute atomic E-state index is 4.36. The summed E-state index contributed by atoms with van der Waals surface area (Å²) in [5.74, 6) is 1.58. The zero-order valence-corrected chi connectivity index (χ0v) is 9.97. The van der Waals surface area contributed by atoms with Crippen molar-refractivity contribution >= 4 is 5.82 Å². The van der Waals surface area contributed by atoms with Crippen LogP contribution in [0.2, 0.25) is 0 Å². The van der Waals surface area contributed by atoms with Crippen molar-refractivity contribution in [3.8, 4) is 5.82 Å². The molecule has 2 heterocycles. The summed E-state index contributed by atoms with van der Waals surface area (Å²) in [7, 11) is 3.87. The van der Waals surface area contributed by atoms with E-state index in [-0.39, 0.29) is 0 Å². The van der Waals surface area contributed by atoms with E-state index < -0.39 is 0 Å². The van der Waals surface area contributed by atoms with Crippen molar-refractivity contribution in [3.63, 3.8) is 0 Å². The number of aryl methyl sites for hydroxylation is 2. The maximum atomic E-state index is 4.36. The van der Waals surface area contributed by atoms with Crippen LogP contribution in [0.5, 0.6) is 0 Å². The molecule has 5 nitrogen and oxygen atoms in total. The van der Waals surface area contributed by atoms with Gasteiger partial charge in [-0.3, -0.25) is 0 Å². The van der Waals surface area contributed by atoms with E-state index in [0.29, 0.717) is 0 Å². The molecular weight excluding hydrogens is 202 g/mol. The Balaban J connectivity index is 2.38. The van der Waals surface area contributed by atoms with Crippen molar-refractivity contribution < 1.29 is 0 Å². The quantitative estimate of drug-likeness (QED) is 0.761. The molecule has 0 saturated carbocycles. The highest BCUT2D eigenvalue weighted by Gasteiger charge is 2.06. The van der Waals surface area contributed by atoms with Crippen LogP contribution >= 0.6 is 0 Å². The third kappa shape index (κ3) is 1.88. The van der Waals surface area contributed by atoms with E-state index in [4.69, 9.17) is 0 Å². The number of hydrogen-bond acceptors (Lipinski definition) is 4. The smallest absolute Gasteiger partial charge is 0.176 e. The Hall–Kier alpha value is -1.91. The number of aromatic nitrogens is 4. The molecule has 2 aromatic heterocycles. The van der Waals surface area contributed by atoms with Crippen molar-refractivity contribution in [2.45, 2.75) is 13.8 Å². The molecule has 0 amide bonds. The molecule has 0 aliphatic carbocycles. The van der Waals surface area contributed by atoms with E-state index in [9.17, 15) is 0 Å². The van der Waals surface area contributed by atoms with Gasteiger partial charge in [0.25, 0.3) is 0 Å². The molecule has 0 unspecified atom stereocenters. The molecule has 0 spiro atoms. The van der Waals surface area contributed by atoms with Crippen LogP contribution in [0.3, 0.4) is 0 Å². The van der Waals surface area contributed by atoms with Gasteiger partial charge in [0.2, 0.25) is 0 Å². The van der Waals surface area contributed by atoms with Gasteiger partial charge in [0.05, 0.1) is 5.69 Å². The van der Waals surface area contributed by atoms with Crippen molar-refractivity contribution in [2.24, 2.45) is 0 Å². The standard InChI is InChI=1S/C11H15N5/c1-8-7-9(2)16(14-8)11-6-5-10(12-13-11)15(3)4/h5-7H,1-4H3. The van der Waals surface area contributed by atoms with Crippen molar-refractivity contribution in [1.82, 2.24) is 20.0 Å². The van der Waals surface area contributed by atoms with Crippen LogP contribution in [0, 0.1) is 13.8 Å². The van der Waals surface area contributed by atoms with E-state index in [1.54, 1.807) is 4.68 Å². The van der Waals surface area contributed by atoms with Crippen molar-refractivity contribution in [2.75, 3.05) is 19.0 Å². The molecule has 0 fully saturated rings. The van der Waals surface area contributed by atoms with E-state index in [1.807, 2.05) is 51.0 Å². The highest BCUT2D eigenvalue weighted by molar-refractivity contribution is 5.38. The summed E-state index contributed by atoms with van der Waals surface area (Å²) in [6.45, 7) is 3.96. The Kier molecular flexibility index (Phi) is 2.60. The molecule has 2 aromatic rings. The van der Waals surface area contributed by atoms with Crippen molar-refractivity contribution in [3.05, 3.63) is 29.6 Å². The van der Waals surface area contributed by atoms with Gasteiger partial charge in [0.15, 0.2) is 11.6 Å². The van der Waals surface area contributed by atoms with Gasteiger partial charge in [0.1, 0.15) is 0 Å². The van der Waals surface area contributed by atoms with Gasteiger partial charge in [-0.2, -0.15) is 5.10 Å². The van der Waals surface area contributed by atoms with Crippen LogP contribution in [-0.4, -0.2) is 34.1 Å². The third-order valence-corrected chi connectivity index (χ3v) is 2.32. The summed E-state index contributed by atoms with van der Waals surface area (Å²) in [4.78, 5) is 1.91. The monoisotopic (exact) mass is 217 g/mol. The summed E-state index contributed by atoms with van der Waals surface area (Å²) in [5, 5.41) is 12.6. The fraction of sp³-hybridized carbons (Fsp3) is 0.364. The lowest BCUT2D eigenvalue weighted by Gasteiger charge is -2.10. The van der Waals surface area contributed by atoms with Crippen LogP contribution < -0.4 is 4.90 Å². The minimum atomic E-state index is 0.746. The molecule has 0 N–H and O–H groups in total. The normalized spacial score (nSPS) is 10.5. The van der Waals surface area contributed by atoms with Gasteiger partial charge < -0.3 is 4.90 Å². The van der Waals surface area contributed by atoms with Crippen LogP contribution in [-0.2, 0) is 0 Å². The summed E-state index contributed by atoms with van der Waals surface area (Å²) in [6.07, 6.45) is 0. The van der Waals surface area contributed by atoms with Gasteiger partial charge >= 0.3 is 0 Å². The molecule has 84 valence electrons. The summed E-state index contributed by atoms with van der Waals surface area (Å²) in [6, 6.07) is 5.86. The Morgan fingerprint density at radius 1 is 1.12 bits per heavy atom. The highest BCUT2D eigenvalue weighted by atomic mass is 15.4. The van der Waals surface area contributed by atoms with E-state index in [0.717, 1.165) is 23.0 Å². The van der Waals surface area contributed by atoms with E-state index >= 15 is 0 Å². The average Bonchev–Trinajstić information content (AvgIpc) is 2.58. The predicted octanol–water partition coefficient (Wildman–Crippen LogP) is 1.35. The molecular formula is C11H15N5. The minimum Gasteiger partial charge on any atom is -0.361 e. The molecule has 0 aliphatic heterocycles. The van der Waals surface area contributed by atoms with Gasteiger partial charge in [-0.15, -0.1) is 10.2 Å². The molecule has 0 aromatic carbocycles. The predicted molar refractivity (Wildman–Crippen MR) is 63.0 cm³/mol. The lowest BCUT2D eigenvalue weighted by Crippen LogP contribution is -2.12. The minimum absolute atomic E-state index is 0.746. The topological polar surface area (TPSA) is 46.8 Å². The highest BCUT2D eigenvalue weighted by Crippen LogP contribution is 2.11. The Labute approximate surface area is 94.7 Å². The van der Waals surface area contributed by atoms with Crippen LogP contribution in [0.4, 0.5) is 5.82 Å². The molecule has 0 saturated heterocycles. The summed E-state index contributed by atoms with van der Waals surface area (Å²) >= 11 is 0. The SMILES string of the molecule is Cc1cc(C)n(-c2ccc(N(C)C)nn2)n1. The second-order valence-corrected chi connectivity index (χ2v) is 3.98. The van der Waals surface area contributed by atoms with Crippen molar-refractivity contribution in [1.29, 1.82) is 0 Å². The molecule has 0 radical (unpaired) electrons. The zero-order valence-electron chi connectivity index (χ0n) is 9.97. The first-order valence-electron chi connectivity index (χ1n) is 5.12. The largest absolute Gasteiger partial charge is 0.361 e. The number of hydrogen-bond donors (Lipinski definition) is 0. The van der Waals surface area contributed by atoms with E-state index in [2.05, 4.69) is 15.3 Å². The Morgan fingerprint density at radius 3 is 2.31 bits per heavy atom. The maximum Gasteiger partial charge on any atom is 0.176 e. The molecule has 0 atom stereocenters. The molecule has 0 aliphatic rings. The summed E-state index contributed by atoms with van der Waals surface area (Å²) < 4.78 is 1.79. The molecule has 0 bridgehead atoms. The van der Waals surface area contributed by atoms with Gasteiger partial charge in [-0.05, 0) is 32.0 Å². The molecule has 16 heavy (non-hydrogen) atoms. The molecule has 5 heteroatoms. The van der Waals surface area contributed by atoms with E-state index in [1.165, 1.54) is 0 Å². The second-order valence-electron chi connectivity index (χ2n) is 3.98. The lowest BCUT2D eigenvalue weighted by atomic mass is 10.4. The second kappa shape index (κ2) is 3.92. The summed E-state index contributed by atoms with van der Waals surface area (Å²) in [5.41, 5.74) is 2.04. The van der Waals surface area contributed by atoms with Crippen LogP contribution in [0.15, 0.2) is 18.2 Å². The van der Waals surface area contributed by atoms with Crippen LogP contribution in [0.25, 0.3) is 5.82 Å². The first kappa shape index (κ1) is 10.6. The Bertz CT molecular complexity index is 484. The van der Waals surface area contributed by atoms with Gasteiger partial charge in [-0.25, -0.2) is 4.68 Å². The lowest BCUT2D eigenvalue weighted by molar-refractivity contribution is 0.779. The Morgan fingerprint density at radius 2 is 1.88 bits per heavy atom. The zero-order chi connectivity index (χ0) is 11.7. The average molecular weight is 217 g/mol. The fourth-order valence-electron chi connectivity index (χ4n) is 1.53. The molecule has 2 rings (SSSR count). The fourth-order valence-corrected chi connectivity index (χ4v) is 1.53. The van der Waals surface area contributed by atoms with Gasteiger partial charge in [0, 0.05) is 19.8 Å². The first-order chi connectivity index (χ1) is 7.58. The number of rotatable bonds is 2. The first-order valence-corrected chi connectivity index (χ1v) is 5.12. The van der Waals surface area contributed by atoms with Gasteiger partial charge in [-0.1, -0.05) is 0 Å².